The molecule has 0 aromatic carbocycles. The SMILES string of the molecule is CCOC(=O)C(Br)=C(C(=O)OCC)C(=O)OCC. The molecule has 18 heavy (non-hydrogen) atoms. The van der Waals surface area contributed by atoms with E-state index in [-0.39, 0.29) is 24.3 Å². The van der Waals surface area contributed by atoms with Crippen LogP contribution in [0.4, 0.5) is 0 Å². The number of hydrogen-bond donors (Lipinski definition) is 0. The summed E-state index contributed by atoms with van der Waals surface area (Å²) in [6, 6.07) is 0. The van der Waals surface area contributed by atoms with Crippen LogP contribution in [-0.4, -0.2) is 37.7 Å². The first-order chi connectivity index (χ1) is 8.49. The Hall–Kier alpha value is -1.37. The minimum atomic E-state index is -0.934. The summed E-state index contributed by atoms with van der Waals surface area (Å²) in [5.41, 5.74) is -0.503. The summed E-state index contributed by atoms with van der Waals surface area (Å²) in [5, 5.41) is 0. The van der Waals surface area contributed by atoms with Gasteiger partial charge in [0.2, 0.25) is 0 Å². The molecule has 0 aliphatic heterocycles. The van der Waals surface area contributed by atoms with Gasteiger partial charge in [0.1, 0.15) is 4.48 Å². The fourth-order valence-electron chi connectivity index (χ4n) is 0.966. The number of halogens is 1. The molecule has 0 spiro atoms. The number of carbonyl (C=O) groups excluding carboxylic acids is 3. The molecule has 0 amide bonds. The molecular weight excluding hydrogens is 308 g/mol. The molecule has 0 bridgehead atoms. The lowest BCUT2D eigenvalue weighted by atomic mass is 10.2. The maximum Gasteiger partial charge on any atom is 0.347 e. The third-order valence-corrected chi connectivity index (χ3v) is 2.35. The van der Waals surface area contributed by atoms with Crippen LogP contribution >= 0.6 is 15.9 Å². The number of carbonyl (C=O) groups is 3. The number of ether oxygens (including phenoxy) is 3. The van der Waals surface area contributed by atoms with E-state index in [4.69, 9.17) is 0 Å². The second-order valence-corrected chi connectivity index (χ2v) is 3.64. The largest absolute Gasteiger partial charge is 0.462 e. The van der Waals surface area contributed by atoms with Crippen molar-refractivity contribution in [3.8, 4) is 0 Å². The van der Waals surface area contributed by atoms with Crippen molar-refractivity contribution in [3.05, 3.63) is 10.1 Å². The van der Waals surface area contributed by atoms with Gasteiger partial charge in [-0.2, -0.15) is 0 Å². The molecule has 0 radical (unpaired) electrons. The van der Waals surface area contributed by atoms with E-state index in [0.717, 1.165) is 0 Å². The van der Waals surface area contributed by atoms with E-state index in [9.17, 15) is 14.4 Å². The standard InChI is InChI=1S/C11H15BrO6/c1-4-16-9(13)7(10(14)17-5-2)8(12)11(15)18-6-3/h4-6H2,1-3H3. The van der Waals surface area contributed by atoms with Gasteiger partial charge in [-0.25, -0.2) is 14.4 Å². The van der Waals surface area contributed by atoms with Crippen molar-refractivity contribution in [2.45, 2.75) is 20.8 Å². The molecule has 0 saturated carbocycles. The maximum absolute atomic E-state index is 11.6. The monoisotopic (exact) mass is 322 g/mol. The lowest BCUT2D eigenvalue weighted by Gasteiger charge is -2.08. The summed E-state index contributed by atoms with van der Waals surface area (Å²) in [4.78, 5) is 34.6. The Labute approximate surface area is 113 Å². The van der Waals surface area contributed by atoms with E-state index in [0.29, 0.717) is 0 Å². The van der Waals surface area contributed by atoms with Gasteiger partial charge in [0.05, 0.1) is 19.8 Å². The van der Waals surface area contributed by atoms with Gasteiger partial charge in [0.25, 0.3) is 0 Å². The first-order valence-corrected chi connectivity index (χ1v) is 6.19. The van der Waals surface area contributed by atoms with Crippen molar-refractivity contribution in [3.63, 3.8) is 0 Å². The molecule has 0 unspecified atom stereocenters. The molecule has 0 fully saturated rings. The highest BCUT2D eigenvalue weighted by molar-refractivity contribution is 9.12. The summed E-state index contributed by atoms with van der Waals surface area (Å²) in [7, 11) is 0. The van der Waals surface area contributed by atoms with E-state index < -0.39 is 23.5 Å². The number of hydrogen-bond acceptors (Lipinski definition) is 6. The normalized spacial score (nSPS) is 9.33. The van der Waals surface area contributed by atoms with E-state index in [1.54, 1.807) is 20.8 Å². The lowest BCUT2D eigenvalue weighted by Crippen LogP contribution is -2.22. The summed E-state index contributed by atoms with van der Waals surface area (Å²) < 4.78 is 13.7. The Balaban J connectivity index is 5.29. The molecule has 0 aliphatic rings. The van der Waals surface area contributed by atoms with Crippen molar-refractivity contribution < 1.29 is 28.6 Å². The second-order valence-electron chi connectivity index (χ2n) is 2.85. The fraction of sp³-hybridized carbons (Fsp3) is 0.545. The third-order valence-electron chi connectivity index (χ3n) is 1.63. The van der Waals surface area contributed by atoms with Crippen molar-refractivity contribution >= 4 is 33.8 Å². The van der Waals surface area contributed by atoms with Crippen LogP contribution in [0.1, 0.15) is 20.8 Å². The zero-order valence-electron chi connectivity index (χ0n) is 10.4. The van der Waals surface area contributed by atoms with Crippen LogP contribution in [0.15, 0.2) is 10.1 Å². The van der Waals surface area contributed by atoms with Crippen LogP contribution in [0.5, 0.6) is 0 Å². The van der Waals surface area contributed by atoms with E-state index in [1.165, 1.54) is 0 Å². The van der Waals surface area contributed by atoms with Gasteiger partial charge in [-0.15, -0.1) is 0 Å². The lowest BCUT2D eigenvalue weighted by molar-refractivity contribution is -0.148. The van der Waals surface area contributed by atoms with Gasteiger partial charge < -0.3 is 14.2 Å². The quantitative estimate of drug-likeness (QED) is 0.241. The fourth-order valence-corrected chi connectivity index (χ4v) is 1.40. The predicted molar refractivity (Wildman–Crippen MR) is 65.9 cm³/mol. The molecule has 0 aromatic rings. The highest BCUT2D eigenvalue weighted by atomic mass is 79.9. The second kappa shape index (κ2) is 8.68. The summed E-state index contributed by atoms with van der Waals surface area (Å²) >= 11 is 2.86. The minimum absolute atomic E-state index is 0.0742. The zero-order valence-corrected chi connectivity index (χ0v) is 12.0. The van der Waals surface area contributed by atoms with Crippen LogP contribution in [-0.2, 0) is 28.6 Å². The van der Waals surface area contributed by atoms with Crippen LogP contribution in [0.2, 0.25) is 0 Å². The molecule has 0 aromatic heterocycles. The van der Waals surface area contributed by atoms with E-state index >= 15 is 0 Å². The van der Waals surface area contributed by atoms with Crippen LogP contribution < -0.4 is 0 Å². The number of esters is 3. The highest BCUT2D eigenvalue weighted by Gasteiger charge is 2.28. The zero-order chi connectivity index (χ0) is 14.1. The molecule has 102 valence electrons. The Morgan fingerprint density at radius 1 is 0.778 bits per heavy atom. The molecular formula is C11H15BrO6. The molecule has 0 heterocycles. The molecule has 6 nitrogen and oxygen atoms in total. The number of rotatable bonds is 6. The molecule has 7 heteroatoms. The van der Waals surface area contributed by atoms with Gasteiger partial charge in [-0.05, 0) is 36.7 Å². The molecule has 0 N–H and O–H groups in total. The Morgan fingerprint density at radius 2 is 1.11 bits per heavy atom. The average Bonchev–Trinajstić information content (AvgIpc) is 2.30. The van der Waals surface area contributed by atoms with Crippen molar-refractivity contribution in [1.82, 2.24) is 0 Å². The van der Waals surface area contributed by atoms with Gasteiger partial charge in [-0.3, -0.25) is 0 Å². The van der Waals surface area contributed by atoms with Gasteiger partial charge in [-0.1, -0.05) is 0 Å². The Bertz CT molecular complexity index is 341. The highest BCUT2D eigenvalue weighted by Crippen LogP contribution is 2.17. The third kappa shape index (κ3) is 4.87. The van der Waals surface area contributed by atoms with Crippen LogP contribution in [0.25, 0.3) is 0 Å². The van der Waals surface area contributed by atoms with Crippen molar-refractivity contribution in [1.29, 1.82) is 0 Å². The van der Waals surface area contributed by atoms with Crippen LogP contribution in [0, 0.1) is 0 Å². The Kier molecular flexibility index (Phi) is 8.02. The first kappa shape index (κ1) is 16.6. The predicted octanol–water partition coefficient (Wildman–Crippen LogP) is 1.32. The molecule has 0 atom stereocenters. The van der Waals surface area contributed by atoms with Crippen molar-refractivity contribution in [2.75, 3.05) is 19.8 Å². The summed E-state index contributed by atoms with van der Waals surface area (Å²) in [6.45, 7) is 5.03. The average molecular weight is 323 g/mol. The minimum Gasteiger partial charge on any atom is -0.462 e. The molecule has 0 aliphatic carbocycles. The van der Waals surface area contributed by atoms with Gasteiger partial charge in [0, 0.05) is 0 Å². The first-order valence-electron chi connectivity index (χ1n) is 5.40. The molecule has 0 saturated heterocycles. The molecule has 0 rings (SSSR count). The summed E-state index contributed by atoms with van der Waals surface area (Å²) in [5.74, 6) is -2.69. The Morgan fingerprint density at radius 3 is 1.44 bits per heavy atom. The summed E-state index contributed by atoms with van der Waals surface area (Å²) in [6.07, 6.45) is 0. The van der Waals surface area contributed by atoms with Gasteiger partial charge in [0.15, 0.2) is 5.57 Å². The van der Waals surface area contributed by atoms with E-state index in [2.05, 4.69) is 30.1 Å². The van der Waals surface area contributed by atoms with Gasteiger partial charge >= 0.3 is 17.9 Å². The smallest absolute Gasteiger partial charge is 0.347 e. The topological polar surface area (TPSA) is 78.9 Å². The van der Waals surface area contributed by atoms with Crippen LogP contribution in [0.3, 0.4) is 0 Å². The van der Waals surface area contributed by atoms with Crippen molar-refractivity contribution in [2.24, 2.45) is 0 Å². The maximum atomic E-state index is 11.6. The van der Waals surface area contributed by atoms with E-state index in [1.807, 2.05) is 0 Å².